The van der Waals surface area contributed by atoms with Crippen LogP contribution in [0.25, 0.3) is 11.3 Å². The highest BCUT2D eigenvalue weighted by Gasteiger charge is 2.08. The zero-order valence-corrected chi connectivity index (χ0v) is 14.1. The molecule has 0 radical (unpaired) electrons. The largest absolute Gasteiger partial charge is 0.497 e. The molecule has 5 heteroatoms. The van der Waals surface area contributed by atoms with Crippen molar-refractivity contribution in [3.8, 4) is 17.1 Å². The number of furan rings is 1. The van der Waals surface area contributed by atoms with E-state index >= 15 is 0 Å². The number of aromatic nitrogens is 1. The fraction of sp³-hybridized carbons (Fsp3) is 0.200. The van der Waals surface area contributed by atoms with Crippen molar-refractivity contribution in [3.63, 3.8) is 0 Å². The van der Waals surface area contributed by atoms with E-state index in [9.17, 15) is 4.79 Å². The van der Waals surface area contributed by atoms with Crippen LogP contribution in [0.3, 0.4) is 0 Å². The molecule has 0 aliphatic rings. The molecule has 2 heterocycles. The summed E-state index contributed by atoms with van der Waals surface area (Å²) >= 11 is 0. The first-order valence-corrected chi connectivity index (χ1v) is 8.13. The topological polar surface area (TPSA) is 64.4 Å². The van der Waals surface area contributed by atoms with Gasteiger partial charge in [0.2, 0.25) is 5.91 Å². The van der Waals surface area contributed by atoms with Crippen molar-refractivity contribution in [1.29, 1.82) is 0 Å². The highest BCUT2D eigenvalue weighted by atomic mass is 16.5. The van der Waals surface area contributed by atoms with Crippen LogP contribution in [-0.4, -0.2) is 18.0 Å². The Morgan fingerprint density at radius 3 is 2.56 bits per heavy atom. The highest BCUT2D eigenvalue weighted by molar-refractivity contribution is 5.76. The minimum atomic E-state index is -0.000732. The van der Waals surface area contributed by atoms with Gasteiger partial charge in [-0.3, -0.25) is 9.78 Å². The molecule has 0 spiro atoms. The Balaban J connectivity index is 1.50. The molecule has 0 saturated carbocycles. The Labute approximate surface area is 146 Å². The number of pyridine rings is 1. The summed E-state index contributed by atoms with van der Waals surface area (Å²) in [6, 6.07) is 15.3. The maximum absolute atomic E-state index is 12.0. The van der Waals surface area contributed by atoms with Crippen LogP contribution in [0.1, 0.15) is 17.7 Å². The number of aryl methyl sites for hydroxylation is 1. The van der Waals surface area contributed by atoms with Crippen LogP contribution in [0.4, 0.5) is 0 Å². The Hall–Kier alpha value is -3.08. The summed E-state index contributed by atoms with van der Waals surface area (Å²) < 4.78 is 11.0. The minimum Gasteiger partial charge on any atom is -0.497 e. The van der Waals surface area contributed by atoms with Crippen molar-refractivity contribution in [2.24, 2.45) is 0 Å². The van der Waals surface area contributed by atoms with Crippen molar-refractivity contribution in [1.82, 2.24) is 10.3 Å². The number of rotatable bonds is 7. The van der Waals surface area contributed by atoms with Crippen LogP contribution < -0.4 is 10.1 Å². The molecule has 0 saturated heterocycles. The first kappa shape index (κ1) is 16.8. The molecule has 128 valence electrons. The van der Waals surface area contributed by atoms with Gasteiger partial charge in [-0.25, -0.2) is 0 Å². The standard InChI is InChI=1S/C20H20N2O3/c1-24-17-4-2-16(3-5-17)19-8-6-18(25-19)7-9-20(23)22-14-15-10-12-21-13-11-15/h2-6,8,10-13H,7,9,14H2,1H3,(H,22,23). The summed E-state index contributed by atoms with van der Waals surface area (Å²) in [5, 5.41) is 2.90. The molecule has 0 fully saturated rings. The number of hydrogen-bond acceptors (Lipinski definition) is 4. The predicted octanol–water partition coefficient (Wildman–Crippen LogP) is 3.60. The molecular formula is C20H20N2O3. The van der Waals surface area contributed by atoms with Gasteiger partial charge in [0.1, 0.15) is 17.3 Å². The quantitative estimate of drug-likeness (QED) is 0.716. The fourth-order valence-electron chi connectivity index (χ4n) is 2.45. The molecule has 3 rings (SSSR count). The molecular weight excluding hydrogens is 316 g/mol. The van der Waals surface area contributed by atoms with E-state index in [-0.39, 0.29) is 5.91 Å². The molecule has 1 amide bonds. The van der Waals surface area contributed by atoms with Crippen molar-refractivity contribution in [2.45, 2.75) is 19.4 Å². The van der Waals surface area contributed by atoms with E-state index in [0.29, 0.717) is 19.4 Å². The normalized spacial score (nSPS) is 10.4. The van der Waals surface area contributed by atoms with Crippen molar-refractivity contribution in [3.05, 3.63) is 72.2 Å². The third-order valence-electron chi connectivity index (χ3n) is 3.87. The second kappa shape index (κ2) is 8.15. The first-order valence-electron chi connectivity index (χ1n) is 8.13. The van der Waals surface area contributed by atoms with Gasteiger partial charge in [-0.05, 0) is 54.1 Å². The Bertz CT molecular complexity index is 810. The lowest BCUT2D eigenvalue weighted by Crippen LogP contribution is -2.22. The van der Waals surface area contributed by atoms with Crippen LogP contribution in [0.15, 0.2) is 65.3 Å². The van der Waals surface area contributed by atoms with E-state index < -0.39 is 0 Å². The summed E-state index contributed by atoms with van der Waals surface area (Å²) in [5.41, 5.74) is 2.01. The molecule has 0 unspecified atom stereocenters. The average molecular weight is 336 g/mol. The molecule has 2 aromatic heterocycles. The lowest BCUT2D eigenvalue weighted by atomic mass is 10.2. The number of ether oxygens (including phenoxy) is 1. The second-order valence-corrected chi connectivity index (χ2v) is 5.63. The van der Waals surface area contributed by atoms with E-state index in [2.05, 4.69) is 10.3 Å². The third-order valence-corrected chi connectivity index (χ3v) is 3.87. The van der Waals surface area contributed by atoms with E-state index in [1.165, 1.54) is 0 Å². The number of nitrogens with zero attached hydrogens (tertiary/aromatic N) is 1. The Morgan fingerprint density at radius 1 is 1.08 bits per heavy atom. The number of carbonyl (C=O) groups is 1. The number of hydrogen-bond donors (Lipinski definition) is 1. The molecule has 1 aromatic carbocycles. The van der Waals surface area contributed by atoms with Crippen molar-refractivity contribution < 1.29 is 13.9 Å². The summed E-state index contributed by atoms with van der Waals surface area (Å²) in [4.78, 5) is 15.9. The molecule has 5 nitrogen and oxygen atoms in total. The molecule has 0 aliphatic heterocycles. The van der Waals surface area contributed by atoms with Crippen molar-refractivity contribution in [2.75, 3.05) is 7.11 Å². The van der Waals surface area contributed by atoms with Gasteiger partial charge in [0.05, 0.1) is 7.11 Å². The van der Waals surface area contributed by atoms with Gasteiger partial charge in [-0.1, -0.05) is 0 Å². The zero-order chi connectivity index (χ0) is 17.5. The summed E-state index contributed by atoms with van der Waals surface area (Å²) in [6.07, 6.45) is 4.38. The fourth-order valence-corrected chi connectivity index (χ4v) is 2.45. The number of carbonyl (C=O) groups excluding carboxylic acids is 1. The molecule has 0 aliphatic carbocycles. The van der Waals surface area contributed by atoms with Crippen LogP contribution in [0.2, 0.25) is 0 Å². The Kier molecular flexibility index (Phi) is 5.46. The second-order valence-electron chi connectivity index (χ2n) is 5.63. The number of amides is 1. The van der Waals surface area contributed by atoms with Gasteiger partial charge in [-0.2, -0.15) is 0 Å². The van der Waals surface area contributed by atoms with Gasteiger partial charge < -0.3 is 14.5 Å². The van der Waals surface area contributed by atoms with Crippen LogP contribution in [-0.2, 0) is 17.8 Å². The zero-order valence-electron chi connectivity index (χ0n) is 14.1. The van der Waals surface area contributed by atoms with E-state index in [1.807, 2.05) is 48.5 Å². The smallest absolute Gasteiger partial charge is 0.220 e. The van der Waals surface area contributed by atoms with Crippen LogP contribution in [0.5, 0.6) is 5.75 Å². The molecule has 1 N–H and O–H groups in total. The lowest BCUT2D eigenvalue weighted by molar-refractivity contribution is -0.121. The van der Waals surface area contributed by atoms with E-state index in [4.69, 9.17) is 9.15 Å². The third kappa shape index (κ3) is 4.70. The molecule has 0 atom stereocenters. The maximum Gasteiger partial charge on any atom is 0.220 e. The summed E-state index contributed by atoms with van der Waals surface area (Å²) in [7, 11) is 1.64. The molecule has 3 aromatic rings. The number of methoxy groups -OCH3 is 1. The maximum atomic E-state index is 12.0. The Morgan fingerprint density at radius 2 is 1.84 bits per heavy atom. The number of nitrogens with one attached hydrogen (secondary N) is 1. The average Bonchev–Trinajstić information content (AvgIpc) is 3.14. The molecule has 25 heavy (non-hydrogen) atoms. The van der Waals surface area contributed by atoms with Gasteiger partial charge in [0, 0.05) is 37.3 Å². The molecule has 0 bridgehead atoms. The van der Waals surface area contributed by atoms with Gasteiger partial charge >= 0.3 is 0 Å². The van der Waals surface area contributed by atoms with E-state index in [0.717, 1.165) is 28.4 Å². The van der Waals surface area contributed by atoms with Crippen molar-refractivity contribution >= 4 is 5.91 Å². The first-order chi connectivity index (χ1) is 12.2. The summed E-state index contributed by atoms with van der Waals surface area (Å²) in [5.74, 6) is 2.39. The van der Waals surface area contributed by atoms with Crippen LogP contribution >= 0.6 is 0 Å². The lowest BCUT2D eigenvalue weighted by Gasteiger charge is -2.04. The van der Waals surface area contributed by atoms with Gasteiger partial charge in [0.25, 0.3) is 0 Å². The predicted molar refractivity (Wildman–Crippen MR) is 95.1 cm³/mol. The van der Waals surface area contributed by atoms with Crippen LogP contribution in [0, 0.1) is 0 Å². The highest BCUT2D eigenvalue weighted by Crippen LogP contribution is 2.24. The monoisotopic (exact) mass is 336 g/mol. The van der Waals surface area contributed by atoms with Gasteiger partial charge in [0.15, 0.2) is 0 Å². The van der Waals surface area contributed by atoms with Gasteiger partial charge in [-0.15, -0.1) is 0 Å². The minimum absolute atomic E-state index is 0.000732. The SMILES string of the molecule is COc1ccc(-c2ccc(CCC(=O)NCc3ccncc3)o2)cc1. The summed E-state index contributed by atoms with van der Waals surface area (Å²) in [6.45, 7) is 0.511. The number of benzene rings is 1. The van der Waals surface area contributed by atoms with E-state index in [1.54, 1.807) is 19.5 Å².